The molecule has 0 heterocycles. The quantitative estimate of drug-likeness (QED) is 0.846. The van der Waals surface area contributed by atoms with Gasteiger partial charge in [-0.15, -0.1) is 0 Å². The fraction of sp³-hybridized carbons (Fsp3) is 0.538. The zero-order chi connectivity index (χ0) is 15.8. The highest BCUT2D eigenvalue weighted by atomic mass is 32.2. The van der Waals surface area contributed by atoms with Crippen LogP contribution in [0.3, 0.4) is 0 Å². The normalized spacial score (nSPS) is 23.2. The lowest BCUT2D eigenvalue weighted by Crippen LogP contribution is -2.34. The second-order valence-electron chi connectivity index (χ2n) is 5.46. The van der Waals surface area contributed by atoms with Crippen molar-refractivity contribution in [2.75, 3.05) is 17.8 Å². The Labute approximate surface area is 124 Å². The van der Waals surface area contributed by atoms with Gasteiger partial charge in [-0.1, -0.05) is 0 Å². The first-order chi connectivity index (χ1) is 9.59. The Morgan fingerprint density at radius 2 is 1.81 bits per heavy atom. The molecule has 0 saturated heterocycles. The van der Waals surface area contributed by atoms with Gasteiger partial charge in [0.15, 0.2) is 19.7 Å². The number of nitrogens with one attached hydrogen (secondary N) is 1. The van der Waals surface area contributed by atoms with Crippen LogP contribution >= 0.6 is 0 Å². The lowest BCUT2D eigenvalue weighted by atomic mass is 10.2. The zero-order valence-electron chi connectivity index (χ0n) is 11.8. The molecule has 2 atom stereocenters. The smallest absolute Gasteiger partial charge is 0.175 e. The van der Waals surface area contributed by atoms with Gasteiger partial charge in [0.05, 0.1) is 15.8 Å². The first kappa shape index (κ1) is 16.2. The predicted molar refractivity (Wildman–Crippen MR) is 79.4 cm³/mol. The van der Waals surface area contributed by atoms with Crippen LogP contribution in [0.25, 0.3) is 0 Å². The van der Waals surface area contributed by atoms with Crippen LogP contribution < -0.4 is 5.32 Å². The van der Waals surface area contributed by atoms with Crippen LogP contribution in [0.2, 0.25) is 0 Å². The molecule has 8 heteroatoms. The highest BCUT2D eigenvalue weighted by Gasteiger charge is 2.35. The molecule has 1 aliphatic carbocycles. The molecule has 1 aliphatic rings. The number of hydrogen-bond donors (Lipinski definition) is 1. The molecule has 118 valence electrons. The molecule has 1 aromatic rings. The Bertz CT molecular complexity index is 743. The van der Waals surface area contributed by atoms with Gasteiger partial charge < -0.3 is 5.32 Å². The second kappa shape index (κ2) is 5.57. The van der Waals surface area contributed by atoms with Gasteiger partial charge in [0.1, 0.15) is 5.82 Å². The van der Waals surface area contributed by atoms with Gasteiger partial charge in [0.25, 0.3) is 0 Å². The van der Waals surface area contributed by atoms with E-state index in [9.17, 15) is 21.2 Å². The number of hydrogen-bond acceptors (Lipinski definition) is 5. The van der Waals surface area contributed by atoms with Crippen LogP contribution in [0, 0.1) is 5.82 Å². The summed E-state index contributed by atoms with van der Waals surface area (Å²) in [6, 6.07) is 3.08. The van der Waals surface area contributed by atoms with Crippen molar-refractivity contribution in [3.63, 3.8) is 0 Å². The van der Waals surface area contributed by atoms with Crippen LogP contribution in [0.4, 0.5) is 10.1 Å². The Balaban J connectivity index is 2.31. The minimum atomic E-state index is -3.44. The molecule has 0 amide bonds. The summed E-state index contributed by atoms with van der Waals surface area (Å²) >= 11 is 0. The molecular formula is C13H18FNO4S2. The fourth-order valence-corrected chi connectivity index (χ4v) is 4.69. The van der Waals surface area contributed by atoms with Gasteiger partial charge in [-0.25, -0.2) is 21.2 Å². The van der Waals surface area contributed by atoms with Gasteiger partial charge in [-0.3, -0.25) is 0 Å². The summed E-state index contributed by atoms with van der Waals surface area (Å²) in [6.45, 7) is 0. The Morgan fingerprint density at radius 3 is 2.38 bits per heavy atom. The molecule has 21 heavy (non-hydrogen) atoms. The van der Waals surface area contributed by atoms with Crippen LogP contribution in [0.5, 0.6) is 0 Å². The number of sulfone groups is 2. The predicted octanol–water partition coefficient (Wildman–Crippen LogP) is 1.61. The van der Waals surface area contributed by atoms with E-state index < -0.39 is 36.8 Å². The SMILES string of the molecule is CS(=O)(=O)c1ccc(F)c(NC2CCCC2S(C)(=O)=O)c1. The van der Waals surface area contributed by atoms with Gasteiger partial charge in [-0.05, 0) is 37.5 Å². The second-order valence-corrected chi connectivity index (χ2v) is 9.74. The summed E-state index contributed by atoms with van der Waals surface area (Å²) in [6.07, 6.45) is 4.09. The maximum atomic E-state index is 13.8. The van der Waals surface area contributed by atoms with E-state index in [1.54, 1.807) is 0 Å². The monoisotopic (exact) mass is 335 g/mol. The van der Waals surface area contributed by atoms with Crippen molar-refractivity contribution in [1.29, 1.82) is 0 Å². The molecule has 0 aliphatic heterocycles. The van der Waals surface area contributed by atoms with Crippen LogP contribution in [-0.2, 0) is 19.7 Å². The zero-order valence-corrected chi connectivity index (χ0v) is 13.5. The minimum Gasteiger partial charge on any atom is -0.379 e. The Kier molecular flexibility index (Phi) is 4.30. The molecule has 2 rings (SSSR count). The van der Waals surface area contributed by atoms with Gasteiger partial charge in [0, 0.05) is 18.6 Å². The first-order valence-electron chi connectivity index (χ1n) is 6.54. The Hall–Kier alpha value is -1.15. The van der Waals surface area contributed by atoms with E-state index in [2.05, 4.69) is 5.32 Å². The molecule has 5 nitrogen and oxygen atoms in total. The number of benzene rings is 1. The highest BCUT2D eigenvalue weighted by Crippen LogP contribution is 2.29. The molecule has 1 N–H and O–H groups in total. The van der Waals surface area contributed by atoms with E-state index in [0.29, 0.717) is 12.8 Å². The van der Waals surface area contributed by atoms with Crippen molar-refractivity contribution in [3.05, 3.63) is 24.0 Å². The molecule has 1 saturated carbocycles. The van der Waals surface area contributed by atoms with Gasteiger partial charge >= 0.3 is 0 Å². The summed E-state index contributed by atoms with van der Waals surface area (Å²) in [7, 11) is -6.67. The van der Waals surface area contributed by atoms with E-state index in [0.717, 1.165) is 18.7 Å². The van der Waals surface area contributed by atoms with Crippen LogP contribution in [-0.4, -0.2) is 40.6 Å². The average Bonchev–Trinajstić information content (AvgIpc) is 2.78. The molecule has 2 unspecified atom stereocenters. The maximum absolute atomic E-state index is 13.8. The summed E-state index contributed by atoms with van der Waals surface area (Å²) < 4.78 is 60.3. The minimum absolute atomic E-state index is 0.000280. The largest absolute Gasteiger partial charge is 0.379 e. The third-order valence-corrected chi connectivity index (χ3v) is 6.48. The lowest BCUT2D eigenvalue weighted by molar-refractivity contribution is 0.576. The lowest BCUT2D eigenvalue weighted by Gasteiger charge is -2.21. The average molecular weight is 335 g/mol. The van der Waals surface area contributed by atoms with Crippen molar-refractivity contribution >= 4 is 25.4 Å². The van der Waals surface area contributed by atoms with Gasteiger partial charge in [0.2, 0.25) is 0 Å². The third-order valence-electron chi connectivity index (χ3n) is 3.71. The molecule has 1 fully saturated rings. The summed E-state index contributed by atoms with van der Waals surface area (Å²) in [5.74, 6) is -0.596. The third kappa shape index (κ3) is 3.74. The molecule has 0 radical (unpaired) electrons. The number of anilines is 1. The van der Waals surface area contributed by atoms with Crippen LogP contribution in [0.1, 0.15) is 19.3 Å². The van der Waals surface area contributed by atoms with Crippen molar-refractivity contribution in [2.24, 2.45) is 0 Å². The van der Waals surface area contributed by atoms with E-state index in [-0.39, 0.29) is 10.6 Å². The van der Waals surface area contributed by atoms with E-state index in [1.165, 1.54) is 18.4 Å². The molecule has 1 aromatic carbocycles. The maximum Gasteiger partial charge on any atom is 0.175 e. The number of halogens is 1. The van der Waals surface area contributed by atoms with E-state index >= 15 is 0 Å². The van der Waals surface area contributed by atoms with E-state index in [1.807, 2.05) is 0 Å². The van der Waals surface area contributed by atoms with Crippen molar-refractivity contribution in [3.8, 4) is 0 Å². The van der Waals surface area contributed by atoms with Crippen molar-refractivity contribution in [2.45, 2.75) is 35.4 Å². The van der Waals surface area contributed by atoms with Crippen molar-refractivity contribution < 1.29 is 21.2 Å². The van der Waals surface area contributed by atoms with Crippen LogP contribution in [0.15, 0.2) is 23.1 Å². The Morgan fingerprint density at radius 1 is 1.14 bits per heavy atom. The first-order valence-corrected chi connectivity index (χ1v) is 10.4. The molecule has 0 spiro atoms. The summed E-state index contributed by atoms with van der Waals surface area (Å²) in [4.78, 5) is 0.000280. The topological polar surface area (TPSA) is 80.3 Å². The molecular weight excluding hydrogens is 317 g/mol. The highest BCUT2D eigenvalue weighted by molar-refractivity contribution is 7.91. The fourth-order valence-electron chi connectivity index (χ4n) is 2.65. The number of rotatable bonds is 4. The van der Waals surface area contributed by atoms with E-state index in [4.69, 9.17) is 0 Å². The molecule has 0 bridgehead atoms. The summed E-state index contributed by atoms with van der Waals surface area (Å²) in [5.41, 5.74) is 0.0264. The standard InChI is InChI=1S/C13H18FNO4S2/c1-20(16,17)9-6-7-10(14)12(8-9)15-11-4-3-5-13(11)21(2,18)19/h6-8,11,13,15H,3-5H2,1-2H3. The van der Waals surface area contributed by atoms with Gasteiger partial charge in [-0.2, -0.15) is 0 Å². The molecule has 0 aromatic heterocycles. The summed E-state index contributed by atoms with van der Waals surface area (Å²) in [5, 5.41) is 2.29. The van der Waals surface area contributed by atoms with Crippen molar-refractivity contribution in [1.82, 2.24) is 0 Å².